The maximum Gasteiger partial charge on any atom is 0.314 e. The van der Waals surface area contributed by atoms with Gasteiger partial charge in [-0.05, 0) is 51.0 Å². The molecule has 4 aromatic rings. The minimum Gasteiger partial charge on any atom is -0.457 e. The predicted molar refractivity (Wildman–Crippen MR) is 125 cm³/mol. The number of hydrogen-bond acceptors (Lipinski definition) is 3. The van der Waals surface area contributed by atoms with Crippen LogP contribution in [0.4, 0.5) is 0 Å². The van der Waals surface area contributed by atoms with Crippen LogP contribution < -0.4 is 5.46 Å². The molecule has 3 aromatic carbocycles. The van der Waals surface area contributed by atoms with Crippen LogP contribution >= 0.6 is 0 Å². The number of fused-ring (bicyclic) bond motifs is 1. The number of furan rings is 1. The Hall–Kier alpha value is -2.82. The quantitative estimate of drug-likeness (QED) is 0.448. The van der Waals surface area contributed by atoms with Crippen molar-refractivity contribution < 1.29 is 14.2 Å². The summed E-state index contributed by atoms with van der Waals surface area (Å²) in [5, 5.41) is 11.5. The van der Waals surface area contributed by atoms with Crippen molar-refractivity contribution in [2.24, 2.45) is 0 Å². The second-order valence-electron chi connectivity index (χ2n) is 8.71. The van der Waals surface area contributed by atoms with Crippen LogP contribution in [0.25, 0.3) is 33.4 Å². The predicted octanol–water partition coefficient (Wildman–Crippen LogP) is 5.31. The summed E-state index contributed by atoms with van der Waals surface area (Å²) in [7, 11) is 0.340. The van der Waals surface area contributed by atoms with Crippen LogP contribution in [0.2, 0.25) is 0 Å². The van der Waals surface area contributed by atoms with Crippen molar-refractivity contribution in [3.8, 4) is 22.5 Å². The highest BCUT2D eigenvalue weighted by molar-refractivity contribution is 6.54. The van der Waals surface area contributed by atoms with Crippen LogP contribution in [-0.4, -0.2) is 23.8 Å². The normalized spacial score (nSPS) is 12.3. The van der Waals surface area contributed by atoms with Gasteiger partial charge in [0.05, 0.1) is 11.2 Å². The zero-order valence-corrected chi connectivity index (χ0v) is 18.0. The largest absolute Gasteiger partial charge is 0.457 e. The molecule has 0 amide bonds. The molecule has 0 spiro atoms. The van der Waals surface area contributed by atoms with E-state index in [1.165, 1.54) is 0 Å². The van der Waals surface area contributed by atoms with Crippen LogP contribution in [0.15, 0.2) is 83.3 Å². The van der Waals surface area contributed by atoms with Gasteiger partial charge in [-0.15, -0.1) is 0 Å². The summed E-state index contributed by atoms with van der Waals surface area (Å²) in [4.78, 5) is 0. The van der Waals surface area contributed by atoms with Gasteiger partial charge in [-0.3, -0.25) is 0 Å². The SMILES string of the molecule is CC(C)(O)C(C)(C)OBc1c(-c2ccccc2)oc2ccc(-c3ccccc3)cc12. The molecular weight excluding hydrogens is 371 g/mol. The van der Waals surface area contributed by atoms with Crippen LogP contribution in [0, 0.1) is 0 Å². The van der Waals surface area contributed by atoms with Crippen molar-refractivity contribution in [2.45, 2.75) is 38.9 Å². The van der Waals surface area contributed by atoms with E-state index in [2.05, 4.69) is 24.3 Å². The van der Waals surface area contributed by atoms with Crippen molar-refractivity contribution >= 4 is 23.9 Å². The Bertz CT molecular complexity index is 1140. The van der Waals surface area contributed by atoms with Crippen LogP contribution in [-0.2, 0) is 4.65 Å². The van der Waals surface area contributed by atoms with E-state index in [9.17, 15) is 5.11 Å². The van der Waals surface area contributed by atoms with E-state index in [0.717, 1.165) is 38.9 Å². The van der Waals surface area contributed by atoms with Crippen molar-refractivity contribution in [3.05, 3.63) is 78.9 Å². The minimum absolute atomic E-state index is 0.340. The van der Waals surface area contributed by atoms with Gasteiger partial charge in [-0.2, -0.15) is 0 Å². The highest BCUT2D eigenvalue weighted by atomic mass is 16.5. The maximum absolute atomic E-state index is 10.5. The van der Waals surface area contributed by atoms with E-state index in [1.807, 2.05) is 68.4 Å². The fourth-order valence-corrected chi connectivity index (χ4v) is 3.35. The van der Waals surface area contributed by atoms with E-state index in [-0.39, 0.29) is 0 Å². The number of rotatable bonds is 6. The monoisotopic (exact) mass is 398 g/mol. The Balaban J connectivity index is 1.83. The van der Waals surface area contributed by atoms with Crippen molar-refractivity contribution in [1.82, 2.24) is 0 Å². The van der Waals surface area contributed by atoms with Gasteiger partial charge in [0.25, 0.3) is 0 Å². The maximum atomic E-state index is 10.5. The zero-order valence-electron chi connectivity index (χ0n) is 18.0. The Labute approximate surface area is 178 Å². The van der Waals surface area contributed by atoms with Crippen molar-refractivity contribution in [3.63, 3.8) is 0 Å². The molecule has 4 heteroatoms. The Morgan fingerprint density at radius 2 is 1.37 bits per heavy atom. The molecule has 0 fully saturated rings. The minimum atomic E-state index is -0.978. The van der Waals surface area contributed by atoms with Crippen LogP contribution in [0.1, 0.15) is 27.7 Å². The fraction of sp³-hybridized carbons (Fsp3) is 0.231. The fourth-order valence-electron chi connectivity index (χ4n) is 3.35. The second-order valence-corrected chi connectivity index (χ2v) is 8.71. The van der Waals surface area contributed by atoms with E-state index in [4.69, 9.17) is 9.07 Å². The molecule has 0 aliphatic rings. The molecular formula is C26H27BO3. The molecule has 1 N–H and O–H groups in total. The molecule has 4 rings (SSSR count). The number of benzene rings is 3. The third-order valence-corrected chi connectivity index (χ3v) is 5.98. The van der Waals surface area contributed by atoms with Crippen LogP contribution in [0.3, 0.4) is 0 Å². The number of aliphatic hydroxyl groups is 1. The molecule has 1 heterocycles. The highest BCUT2D eigenvalue weighted by Gasteiger charge is 2.36. The average Bonchev–Trinajstić information content (AvgIpc) is 3.10. The summed E-state index contributed by atoms with van der Waals surface area (Å²) in [6.45, 7) is 7.36. The molecule has 3 nitrogen and oxygen atoms in total. The average molecular weight is 398 g/mol. The lowest BCUT2D eigenvalue weighted by molar-refractivity contribution is -0.0893. The van der Waals surface area contributed by atoms with E-state index in [1.54, 1.807) is 13.8 Å². The lowest BCUT2D eigenvalue weighted by Crippen LogP contribution is -2.49. The second kappa shape index (κ2) is 7.79. The van der Waals surface area contributed by atoms with Gasteiger partial charge in [-0.1, -0.05) is 66.7 Å². The third kappa shape index (κ3) is 3.93. The first kappa shape index (κ1) is 20.5. The molecule has 0 aliphatic carbocycles. The molecule has 0 atom stereocenters. The molecule has 0 unspecified atom stereocenters. The first-order valence-corrected chi connectivity index (χ1v) is 10.3. The molecule has 0 aliphatic heterocycles. The molecule has 0 bridgehead atoms. The summed E-state index contributed by atoms with van der Waals surface area (Å²) in [5.74, 6) is 0.808. The lowest BCUT2D eigenvalue weighted by atomic mass is 9.80. The Kier molecular flexibility index (Phi) is 5.31. The summed E-state index contributed by atoms with van der Waals surface area (Å²) in [6.07, 6.45) is 0. The molecule has 0 radical (unpaired) electrons. The standard InChI is InChI=1S/C26H27BO3/c1-25(2,28)26(3,4)30-27-23-21-17-20(18-11-7-5-8-12-18)15-16-22(21)29-24(23)19-13-9-6-10-14-19/h5-17,27-28H,1-4H3. The molecule has 0 saturated heterocycles. The van der Waals surface area contributed by atoms with E-state index < -0.39 is 11.2 Å². The highest BCUT2D eigenvalue weighted by Crippen LogP contribution is 2.31. The molecule has 152 valence electrons. The summed E-state index contributed by atoms with van der Waals surface area (Å²) in [6, 6.07) is 26.7. The summed E-state index contributed by atoms with van der Waals surface area (Å²) >= 11 is 0. The lowest BCUT2D eigenvalue weighted by Gasteiger charge is -2.37. The van der Waals surface area contributed by atoms with Crippen LogP contribution in [0.5, 0.6) is 0 Å². The van der Waals surface area contributed by atoms with Gasteiger partial charge in [0.15, 0.2) is 0 Å². The number of hydrogen-bond donors (Lipinski definition) is 1. The van der Waals surface area contributed by atoms with E-state index in [0.29, 0.717) is 7.48 Å². The summed E-state index contributed by atoms with van der Waals surface area (Å²) < 4.78 is 12.5. The topological polar surface area (TPSA) is 42.6 Å². The first-order valence-electron chi connectivity index (χ1n) is 10.3. The summed E-state index contributed by atoms with van der Waals surface area (Å²) in [5.41, 5.74) is 3.42. The van der Waals surface area contributed by atoms with Gasteiger partial charge in [-0.25, -0.2) is 0 Å². The Morgan fingerprint density at radius 3 is 1.97 bits per heavy atom. The van der Waals surface area contributed by atoms with E-state index >= 15 is 0 Å². The molecule has 30 heavy (non-hydrogen) atoms. The Morgan fingerprint density at radius 1 is 0.767 bits per heavy atom. The zero-order chi connectivity index (χ0) is 21.4. The first-order chi connectivity index (χ1) is 14.3. The molecule has 1 aromatic heterocycles. The molecule has 0 saturated carbocycles. The van der Waals surface area contributed by atoms with Crippen molar-refractivity contribution in [2.75, 3.05) is 0 Å². The van der Waals surface area contributed by atoms with Gasteiger partial charge in [0.2, 0.25) is 0 Å². The third-order valence-electron chi connectivity index (χ3n) is 5.98. The van der Waals surface area contributed by atoms with Gasteiger partial charge < -0.3 is 14.2 Å². The van der Waals surface area contributed by atoms with Gasteiger partial charge >= 0.3 is 7.48 Å². The van der Waals surface area contributed by atoms with Crippen molar-refractivity contribution in [1.29, 1.82) is 0 Å². The van der Waals surface area contributed by atoms with Gasteiger partial charge in [0.1, 0.15) is 11.3 Å². The smallest absolute Gasteiger partial charge is 0.314 e. The van der Waals surface area contributed by atoms with Gasteiger partial charge in [0, 0.05) is 16.4 Å².